The zero-order valence-corrected chi connectivity index (χ0v) is 19.6. The van der Waals surface area contributed by atoms with Gasteiger partial charge in [0, 0.05) is 4.75 Å². The van der Waals surface area contributed by atoms with Gasteiger partial charge in [0.15, 0.2) is 0 Å². The van der Waals surface area contributed by atoms with Gasteiger partial charge in [-0.25, -0.2) is 11.6 Å². The second-order valence-corrected chi connectivity index (χ2v) is 9.57. The first-order valence-corrected chi connectivity index (χ1v) is 8.94. The van der Waals surface area contributed by atoms with Crippen LogP contribution in [0.1, 0.15) is 60.8 Å². The fraction of sp³-hybridized carbons (Fsp3) is 0.600. The minimum Gasteiger partial charge on any atom is -1.00 e. The van der Waals surface area contributed by atoms with Crippen LogP contribution >= 0.6 is 11.8 Å². The molecule has 0 amide bonds. The minimum atomic E-state index is 0. The Kier molecular flexibility index (Phi) is 11.9. The van der Waals surface area contributed by atoms with Crippen LogP contribution in [0.5, 0.6) is 0 Å². The van der Waals surface area contributed by atoms with Gasteiger partial charge in [-0.05, 0) is 36.0 Å². The molecular formula is C20H29Cl2STi. The van der Waals surface area contributed by atoms with Gasteiger partial charge in [-0.1, -0.05) is 52.3 Å². The summed E-state index contributed by atoms with van der Waals surface area (Å²) < 4.78 is 0.197. The Labute approximate surface area is 180 Å². The van der Waals surface area contributed by atoms with Gasteiger partial charge >= 0.3 is 21.7 Å². The van der Waals surface area contributed by atoms with Gasteiger partial charge in [0.2, 0.25) is 0 Å². The van der Waals surface area contributed by atoms with E-state index in [-0.39, 0.29) is 56.7 Å². The summed E-state index contributed by atoms with van der Waals surface area (Å²) >= 11 is 2.14. The molecular weight excluding hydrogens is 391 g/mol. The van der Waals surface area contributed by atoms with Crippen LogP contribution in [0.2, 0.25) is 0 Å². The van der Waals surface area contributed by atoms with E-state index in [0.717, 1.165) is 19.3 Å². The van der Waals surface area contributed by atoms with Crippen molar-refractivity contribution < 1.29 is 46.5 Å². The molecule has 4 heteroatoms. The smallest absolute Gasteiger partial charge is 1.00 e. The Morgan fingerprint density at radius 3 is 2.33 bits per heavy atom. The van der Waals surface area contributed by atoms with Crippen molar-refractivity contribution in [3.05, 3.63) is 47.1 Å². The number of allylic oxidation sites excluding steroid dienone is 7. The molecule has 0 spiro atoms. The van der Waals surface area contributed by atoms with Crippen LogP contribution in [0.25, 0.3) is 0 Å². The molecule has 0 saturated carbocycles. The fourth-order valence-corrected chi connectivity index (χ4v) is 5.22. The van der Waals surface area contributed by atoms with Crippen molar-refractivity contribution in [1.29, 1.82) is 0 Å². The third-order valence-corrected chi connectivity index (χ3v) is 5.58. The molecule has 0 aliphatic heterocycles. The van der Waals surface area contributed by atoms with Crippen molar-refractivity contribution in [1.82, 2.24) is 0 Å². The first-order chi connectivity index (χ1) is 9.73. The molecule has 2 aliphatic carbocycles. The topological polar surface area (TPSA) is 0 Å². The zero-order valence-electron chi connectivity index (χ0n) is 15.7. The SMILES string of the molecule is CC1=CCC(CC2=[C-]CC=C2)(SC(C)C)C(C(C)(C)C)=C1.[Cl-].[Cl-].[Ti+3]. The predicted molar refractivity (Wildman–Crippen MR) is 96.5 cm³/mol. The Morgan fingerprint density at radius 1 is 1.25 bits per heavy atom. The first-order valence-electron chi connectivity index (χ1n) is 8.06. The van der Waals surface area contributed by atoms with Gasteiger partial charge in [0.1, 0.15) is 0 Å². The first kappa shape index (κ1) is 26.8. The third-order valence-electron chi connectivity index (χ3n) is 4.13. The monoisotopic (exact) mass is 419 g/mol. The number of rotatable bonds is 4. The normalized spacial score (nSPS) is 22.7. The average Bonchev–Trinajstić information content (AvgIpc) is 2.83. The van der Waals surface area contributed by atoms with Gasteiger partial charge in [-0.3, -0.25) is 6.08 Å². The van der Waals surface area contributed by atoms with E-state index in [1.54, 1.807) is 5.57 Å². The van der Waals surface area contributed by atoms with E-state index in [0.29, 0.717) is 5.25 Å². The molecule has 1 atom stereocenters. The Bertz CT molecular complexity index is 524. The summed E-state index contributed by atoms with van der Waals surface area (Å²) in [4.78, 5) is 0. The zero-order chi connectivity index (χ0) is 15.7. The molecule has 24 heavy (non-hydrogen) atoms. The van der Waals surface area contributed by atoms with Crippen molar-refractivity contribution in [2.45, 2.75) is 70.8 Å². The Morgan fingerprint density at radius 2 is 1.88 bits per heavy atom. The van der Waals surface area contributed by atoms with Crippen molar-refractivity contribution in [2.75, 3.05) is 0 Å². The molecule has 0 bridgehead atoms. The van der Waals surface area contributed by atoms with Crippen molar-refractivity contribution in [3.8, 4) is 0 Å². The van der Waals surface area contributed by atoms with Gasteiger partial charge in [0.25, 0.3) is 0 Å². The molecule has 0 saturated heterocycles. The summed E-state index contributed by atoms with van der Waals surface area (Å²) in [6.07, 6.45) is 16.1. The Hall–Kier alpha value is 0.604. The van der Waals surface area contributed by atoms with E-state index < -0.39 is 0 Å². The fourth-order valence-electron chi connectivity index (χ4n) is 3.40. The molecule has 2 aliphatic rings. The molecule has 0 aromatic rings. The van der Waals surface area contributed by atoms with Crippen LogP contribution in [0.3, 0.4) is 0 Å². The standard InChI is InChI=1S/C20H29S.2ClH.Ti/c1-15(2)21-20(14-17-9-7-8-10-17)12-11-16(3)13-18(20)19(4,5)6;;;/h7,9,11,13,15H,8,12,14H2,1-6H3;2*1H;/q-1;;;+3/p-2. The van der Waals surface area contributed by atoms with E-state index in [1.807, 2.05) is 0 Å². The molecule has 133 valence electrons. The van der Waals surface area contributed by atoms with Gasteiger partial charge in [-0.15, -0.1) is 18.2 Å². The van der Waals surface area contributed by atoms with Crippen molar-refractivity contribution >= 4 is 11.8 Å². The van der Waals surface area contributed by atoms with Crippen LogP contribution in [0.15, 0.2) is 41.0 Å². The minimum absolute atomic E-state index is 0. The van der Waals surface area contributed by atoms with Crippen LogP contribution in [-0.2, 0) is 21.7 Å². The van der Waals surface area contributed by atoms with Gasteiger partial charge in [-0.2, -0.15) is 6.08 Å². The van der Waals surface area contributed by atoms with E-state index in [1.165, 1.54) is 11.1 Å². The maximum atomic E-state index is 3.53. The van der Waals surface area contributed by atoms with E-state index >= 15 is 0 Å². The number of halogens is 2. The van der Waals surface area contributed by atoms with Crippen LogP contribution in [-0.4, -0.2) is 10.00 Å². The molecule has 0 fully saturated rings. The quantitative estimate of drug-likeness (QED) is 0.465. The number of hydrogen-bond acceptors (Lipinski definition) is 1. The molecule has 0 heterocycles. The summed E-state index contributed by atoms with van der Waals surface area (Å²) in [5.41, 5.74) is 4.62. The maximum absolute atomic E-state index is 3.53. The summed E-state index contributed by atoms with van der Waals surface area (Å²) in [6, 6.07) is 0. The molecule has 0 N–H and O–H groups in total. The number of hydrogen-bond donors (Lipinski definition) is 0. The molecule has 0 aromatic carbocycles. The predicted octanol–water partition coefficient (Wildman–Crippen LogP) is 0.274. The molecule has 1 radical (unpaired) electrons. The molecule has 0 nitrogen and oxygen atoms in total. The van der Waals surface area contributed by atoms with E-state index in [9.17, 15) is 0 Å². The van der Waals surface area contributed by atoms with Gasteiger partial charge < -0.3 is 24.8 Å². The van der Waals surface area contributed by atoms with Gasteiger partial charge in [0.05, 0.1) is 0 Å². The van der Waals surface area contributed by atoms with Crippen molar-refractivity contribution in [2.24, 2.45) is 5.41 Å². The third kappa shape index (κ3) is 6.73. The van der Waals surface area contributed by atoms with Crippen LogP contribution in [0.4, 0.5) is 0 Å². The maximum Gasteiger partial charge on any atom is 3.00 e. The Balaban J connectivity index is 0. The van der Waals surface area contributed by atoms with Crippen molar-refractivity contribution in [3.63, 3.8) is 0 Å². The molecule has 1 unspecified atom stereocenters. The summed E-state index contributed by atoms with van der Waals surface area (Å²) in [6.45, 7) is 13.9. The van der Waals surface area contributed by atoms with E-state index in [2.05, 4.69) is 83.7 Å². The number of thioether (sulfide) groups is 1. The van der Waals surface area contributed by atoms with Crippen LogP contribution < -0.4 is 24.8 Å². The molecule has 0 aromatic heterocycles. The summed E-state index contributed by atoms with van der Waals surface area (Å²) in [5.74, 6) is 0. The van der Waals surface area contributed by atoms with Crippen LogP contribution in [0, 0.1) is 11.5 Å². The second-order valence-electron chi connectivity index (χ2n) is 7.61. The largest absolute Gasteiger partial charge is 3.00 e. The summed E-state index contributed by atoms with van der Waals surface area (Å²) in [7, 11) is 0. The summed E-state index contributed by atoms with van der Waals surface area (Å²) in [5, 5.41) is 0.633. The molecule has 2 rings (SSSR count). The second kappa shape index (κ2) is 10.7. The van der Waals surface area contributed by atoms with E-state index in [4.69, 9.17) is 0 Å². The average molecular weight is 420 g/mol.